The maximum atomic E-state index is 13.0. The molecule has 0 aliphatic carbocycles. The Morgan fingerprint density at radius 2 is 0.476 bits per heavy atom. The summed E-state index contributed by atoms with van der Waals surface area (Å²) in [7, 11) is 0. The van der Waals surface area contributed by atoms with Gasteiger partial charge in [0.15, 0.2) is 6.10 Å². The Morgan fingerprint density at radius 3 is 0.744 bits per heavy atom. The highest BCUT2D eigenvalue weighted by Crippen LogP contribution is 2.18. The normalized spacial score (nSPS) is 12.5. The van der Waals surface area contributed by atoms with Crippen molar-refractivity contribution < 1.29 is 28.6 Å². The SMILES string of the molecule is CC/C=C\C/C=C\C/C=C\C/C=C\CCCCCCCCC(=O)OC(COC(=O)CCCCCCCCCCCCCCCCC/C=C\C/C=C\CCCCCCC)COC(=O)CCCCCCCCCCCCCCCCCCCC. The van der Waals surface area contributed by atoms with E-state index < -0.39 is 6.10 Å². The molecule has 0 radical (unpaired) electrons. The van der Waals surface area contributed by atoms with Crippen molar-refractivity contribution in [3.63, 3.8) is 0 Å². The van der Waals surface area contributed by atoms with E-state index in [0.29, 0.717) is 19.3 Å². The number of hydrogen-bond acceptors (Lipinski definition) is 6. The monoisotopic (exact) mass is 1150 g/mol. The highest BCUT2D eigenvalue weighted by molar-refractivity contribution is 5.71. The molecule has 0 aliphatic heterocycles. The van der Waals surface area contributed by atoms with Crippen LogP contribution < -0.4 is 0 Å². The minimum Gasteiger partial charge on any atom is -0.462 e. The zero-order valence-corrected chi connectivity index (χ0v) is 54.8. The van der Waals surface area contributed by atoms with E-state index in [4.69, 9.17) is 14.2 Å². The van der Waals surface area contributed by atoms with Gasteiger partial charge in [-0.25, -0.2) is 0 Å². The lowest BCUT2D eigenvalue weighted by atomic mass is 10.0. The molecule has 0 fully saturated rings. The molecule has 82 heavy (non-hydrogen) atoms. The summed E-state index contributed by atoms with van der Waals surface area (Å²) in [5.41, 5.74) is 0. The minimum absolute atomic E-state index is 0.0769. The summed E-state index contributed by atoms with van der Waals surface area (Å²) in [6, 6.07) is 0. The zero-order chi connectivity index (χ0) is 59.2. The molecule has 0 spiro atoms. The van der Waals surface area contributed by atoms with E-state index in [1.807, 2.05) is 0 Å². The average Bonchev–Trinajstić information content (AvgIpc) is 3.47. The third-order valence-electron chi connectivity index (χ3n) is 15.9. The molecule has 0 aliphatic rings. The molecule has 0 N–H and O–H groups in total. The van der Waals surface area contributed by atoms with Crippen LogP contribution in [0.5, 0.6) is 0 Å². The van der Waals surface area contributed by atoms with Gasteiger partial charge in [0.25, 0.3) is 0 Å². The molecule has 0 bridgehead atoms. The highest BCUT2D eigenvalue weighted by Gasteiger charge is 2.19. The number of esters is 3. The highest BCUT2D eigenvalue weighted by atomic mass is 16.6. The first-order valence-corrected chi connectivity index (χ1v) is 35.9. The fourth-order valence-electron chi connectivity index (χ4n) is 10.6. The van der Waals surface area contributed by atoms with Crippen molar-refractivity contribution in [3.05, 3.63) is 72.9 Å². The quantitative estimate of drug-likeness (QED) is 0.0261. The van der Waals surface area contributed by atoms with Crippen molar-refractivity contribution in [1.29, 1.82) is 0 Å². The molecule has 0 aromatic carbocycles. The van der Waals surface area contributed by atoms with E-state index in [9.17, 15) is 14.4 Å². The van der Waals surface area contributed by atoms with Crippen molar-refractivity contribution in [2.45, 2.75) is 380 Å². The smallest absolute Gasteiger partial charge is 0.306 e. The van der Waals surface area contributed by atoms with Crippen molar-refractivity contribution in [2.75, 3.05) is 13.2 Å². The van der Waals surface area contributed by atoms with E-state index in [0.717, 1.165) is 103 Å². The van der Waals surface area contributed by atoms with Crippen LogP contribution in [0.1, 0.15) is 374 Å². The van der Waals surface area contributed by atoms with Gasteiger partial charge in [-0.3, -0.25) is 14.4 Å². The average molecular weight is 1150 g/mol. The molecule has 6 nitrogen and oxygen atoms in total. The van der Waals surface area contributed by atoms with Crippen LogP contribution in [-0.4, -0.2) is 37.2 Å². The molecule has 0 saturated carbocycles. The van der Waals surface area contributed by atoms with Crippen LogP contribution in [0.25, 0.3) is 0 Å². The molecule has 6 heteroatoms. The first kappa shape index (κ1) is 78.8. The maximum absolute atomic E-state index is 13.0. The maximum Gasteiger partial charge on any atom is 0.306 e. The van der Waals surface area contributed by atoms with Gasteiger partial charge in [-0.1, -0.05) is 338 Å². The second kappa shape index (κ2) is 70.3. The topological polar surface area (TPSA) is 78.9 Å². The van der Waals surface area contributed by atoms with Gasteiger partial charge >= 0.3 is 17.9 Å². The predicted octanol–water partition coefficient (Wildman–Crippen LogP) is 24.8. The number of carbonyl (C=O) groups excluding carboxylic acids is 3. The Bertz CT molecular complexity index is 1500. The van der Waals surface area contributed by atoms with Gasteiger partial charge in [0.05, 0.1) is 0 Å². The molecule has 476 valence electrons. The Labute approximate surface area is 510 Å². The Kier molecular flexibility index (Phi) is 67.6. The van der Waals surface area contributed by atoms with Gasteiger partial charge in [-0.05, 0) is 89.9 Å². The number of ether oxygens (including phenoxy) is 3. The first-order valence-electron chi connectivity index (χ1n) is 35.9. The van der Waals surface area contributed by atoms with E-state index in [1.165, 1.54) is 231 Å². The Balaban J connectivity index is 4.31. The van der Waals surface area contributed by atoms with Crippen molar-refractivity contribution in [2.24, 2.45) is 0 Å². The molecule has 1 atom stereocenters. The summed E-state index contributed by atoms with van der Waals surface area (Å²) in [6.07, 6.45) is 92.1. The van der Waals surface area contributed by atoms with Gasteiger partial charge in [-0.2, -0.15) is 0 Å². The van der Waals surface area contributed by atoms with Gasteiger partial charge < -0.3 is 14.2 Å². The lowest BCUT2D eigenvalue weighted by Gasteiger charge is -2.18. The summed E-state index contributed by atoms with van der Waals surface area (Å²) in [5, 5.41) is 0. The molecule has 0 heterocycles. The third-order valence-corrected chi connectivity index (χ3v) is 15.9. The Morgan fingerprint density at radius 1 is 0.256 bits per heavy atom. The lowest BCUT2D eigenvalue weighted by molar-refractivity contribution is -0.167. The van der Waals surface area contributed by atoms with E-state index in [2.05, 4.69) is 93.7 Å². The van der Waals surface area contributed by atoms with Crippen LogP contribution in [0.4, 0.5) is 0 Å². The van der Waals surface area contributed by atoms with Crippen molar-refractivity contribution >= 4 is 17.9 Å². The molecule has 0 rings (SSSR count). The number of unbranched alkanes of at least 4 members (excludes halogenated alkanes) is 43. The standard InChI is InChI=1S/C76H136O6/c1-4-7-10-13-16-19-22-25-28-31-34-35-36-37-38-39-40-41-43-45-48-51-54-57-60-63-66-69-75(78)81-72-73(71-80-74(77)68-65-62-59-56-53-50-47-44-33-30-27-24-21-18-15-12-9-6-3)82-76(79)70-67-64-61-58-55-52-49-46-42-32-29-26-23-20-17-14-11-8-5-2/h8,11,17,20,22,25-26,29,31,34,42,46,73H,4-7,9-10,12-16,18-19,21,23-24,27-28,30,32-33,35-41,43-45,47-72H2,1-3H3/b11-8-,20-17-,25-22-,29-26-,34-31-,46-42-. The predicted molar refractivity (Wildman–Crippen MR) is 358 cm³/mol. The van der Waals surface area contributed by atoms with E-state index >= 15 is 0 Å². The summed E-state index contributed by atoms with van der Waals surface area (Å²) in [4.78, 5) is 38.5. The van der Waals surface area contributed by atoms with Crippen LogP contribution in [-0.2, 0) is 28.6 Å². The van der Waals surface area contributed by atoms with E-state index in [-0.39, 0.29) is 31.1 Å². The van der Waals surface area contributed by atoms with Gasteiger partial charge in [-0.15, -0.1) is 0 Å². The molecule has 0 saturated heterocycles. The molecular weight excluding hydrogens is 1010 g/mol. The second-order valence-corrected chi connectivity index (χ2v) is 24.1. The molecule has 1 unspecified atom stereocenters. The largest absolute Gasteiger partial charge is 0.462 e. The van der Waals surface area contributed by atoms with Crippen molar-refractivity contribution in [1.82, 2.24) is 0 Å². The lowest BCUT2D eigenvalue weighted by Crippen LogP contribution is -2.30. The summed E-state index contributed by atoms with van der Waals surface area (Å²) < 4.78 is 17.0. The summed E-state index contributed by atoms with van der Waals surface area (Å²) >= 11 is 0. The molecular formula is C76H136O6. The Hall–Kier alpha value is -3.15. The zero-order valence-electron chi connectivity index (χ0n) is 54.8. The first-order chi connectivity index (χ1) is 40.5. The van der Waals surface area contributed by atoms with Crippen molar-refractivity contribution in [3.8, 4) is 0 Å². The van der Waals surface area contributed by atoms with Crippen LogP contribution in [0.2, 0.25) is 0 Å². The fraction of sp³-hybridized carbons (Fsp3) is 0.803. The number of rotatable bonds is 66. The van der Waals surface area contributed by atoms with Crippen LogP contribution in [0.3, 0.4) is 0 Å². The van der Waals surface area contributed by atoms with Gasteiger partial charge in [0, 0.05) is 19.3 Å². The fourth-order valence-corrected chi connectivity index (χ4v) is 10.6. The summed E-state index contributed by atoms with van der Waals surface area (Å²) in [5.74, 6) is -0.867. The molecule has 0 aromatic heterocycles. The molecule has 0 amide bonds. The summed E-state index contributed by atoms with van der Waals surface area (Å²) in [6.45, 7) is 6.57. The second-order valence-electron chi connectivity index (χ2n) is 24.1. The van der Waals surface area contributed by atoms with Crippen LogP contribution in [0, 0.1) is 0 Å². The third kappa shape index (κ3) is 67.6. The number of hydrogen-bond donors (Lipinski definition) is 0. The van der Waals surface area contributed by atoms with Crippen LogP contribution in [0.15, 0.2) is 72.9 Å². The molecule has 0 aromatic rings. The van der Waals surface area contributed by atoms with Gasteiger partial charge in [0.2, 0.25) is 0 Å². The van der Waals surface area contributed by atoms with Crippen LogP contribution >= 0.6 is 0 Å². The number of carbonyl (C=O) groups is 3. The van der Waals surface area contributed by atoms with E-state index in [1.54, 1.807) is 0 Å². The minimum atomic E-state index is -0.783. The number of allylic oxidation sites excluding steroid dienone is 12. The van der Waals surface area contributed by atoms with Gasteiger partial charge in [0.1, 0.15) is 13.2 Å².